The second-order valence-electron chi connectivity index (χ2n) is 6.10. The highest BCUT2D eigenvalue weighted by molar-refractivity contribution is 6.31. The van der Waals surface area contributed by atoms with Gasteiger partial charge < -0.3 is 10.2 Å². The molecule has 8 heteroatoms. The van der Waals surface area contributed by atoms with E-state index < -0.39 is 10.8 Å². The molecule has 1 atom stereocenters. The molecule has 3 rings (SSSR count). The number of amides is 2. The lowest BCUT2D eigenvalue weighted by Crippen LogP contribution is -2.49. The molecule has 134 valence electrons. The molecule has 7 nitrogen and oxygen atoms in total. The van der Waals surface area contributed by atoms with E-state index in [1.165, 1.54) is 30.0 Å². The number of nitrogens with one attached hydrogen (secondary N) is 1. The first-order valence-electron chi connectivity index (χ1n) is 7.97. The zero-order chi connectivity index (χ0) is 18.8. The number of carbonyl (C=O) groups is 2. The van der Waals surface area contributed by atoms with Gasteiger partial charge in [-0.05, 0) is 24.1 Å². The molecule has 1 heterocycles. The van der Waals surface area contributed by atoms with Gasteiger partial charge in [0.25, 0.3) is 11.6 Å². The number of nitro groups is 1. The minimum Gasteiger partial charge on any atom is -0.351 e. The Morgan fingerprint density at radius 2 is 2.00 bits per heavy atom. The highest BCUT2D eigenvalue weighted by Crippen LogP contribution is 2.30. The van der Waals surface area contributed by atoms with Crippen molar-refractivity contribution in [3.8, 4) is 0 Å². The molecule has 2 aromatic carbocycles. The SMILES string of the molecule is CC(=O)N[C@H]1Cc2ccccc2N(C(=O)c2cc(Cl)cc([N+](=O)[O-])c2)C1. The Morgan fingerprint density at radius 3 is 2.69 bits per heavy atom. The second-order valence-corrected chi connectivity index (χ2v) is 6.54. The predicted molar refractivity (Wildman–Crippen MR) is 97.5 cm³/mol. The third-order valence-electron chi connectivity index (χ3n) is 4.14. The monoisotopic (exact) mass is 373 g/mol. The Balaban J connectivity index is 2.00. The highest BCUT2D eigenvalue weighted by Gasteiger charge is 2.30. The van der Waals surface area contributed by atoms with Gasteiger partial charge in [-0.15, -0.1) is 0 Å². The van der Waals surface area contributed by atoms with E-state index in [1.807, 2.05) is 24.3 Å². The summed E-state index contributed by atoms with van der Waals surface area (Å²) in [6.07, 6.45) is 0.606. The van der Waals surface area contributed by atoms with Gasteiger partial charge in [0.05, 0.1) is 11.0 Å². The Labute approximate surface area is 154 Å². The maximum atomic E-state index is 13.1. The van der Waals surface area contributed by atoms with Crippen LogP contribution in [0.1, 0.15) is 22.8 Å². The van der Waals surface area contributed by atoms with Crippen LogP contribution < -0.4 is 10.2 Å². The molecular weight excluding hydrogens is 358 g/mol. The number of benzene rings is 2. The fourth-order valence-corrected chi connectivity index (χ4v) is 3.36. The lowest BCUT2D eigenvalue weighted by Gasteiger charge is -2.35. The molecule has 0 unspecified atom stereocenters. The van der Waals surface area contributed by atoms with Crippen molar-refractivity contribution in [3.05, 3.63) is 68.7 Å². The van der Waals surface area contributed by atoms with Crippen molar-refractivity contribution in [2.24, 2.45) is 0 Å². The van der Waals surface area contributed by atoms with Crippen molar-refractivity contribution in [1.82, 2.24) is 5.32 Å². The number of hydrogen-bond acceptors (Lipinski definition) is 4. The summed E-state index contributed by atoms with van der Waals surface area (Å²) in [7, 11) is 0. The number of hydrogen-bond donors (Lipinski definition) is 1. The molecule has 1 N–H and O–H groups in total. The lowest BCUT2D eigenvalue weighted by atomic mass is 9.97. The minimum atomic E-state index is -0.590. The van der Waals surface area contributed by atoms with Crippen molar-refractivity contribution >= 4 is 34.8 Å². The molecular formula is C18H16ClN3O4. The van der Waals surface area contributed by atoms with Crippen LogP contribution in [0.5, 0.6) is 0 Å². The molecule has 0 bridgehead atoms. The number of rotatable bonds is 3. The summed E-state index contributed by atoms with van der Waals surface area (Å²) in [4.78, 5) is 36.5. The average molecular weight is 374 g/mol. The predicted octanol–water partition coefficient (Wildman–Crippen LogP) is 2.96. The number of fused-ring (bicyclic) bond motifs is 1. The first-order valence-corrected chi connectivity index (χ1v) is 8.35. The normalized spacial score (nSPS) is 15.9. The van der Waals surface area contributed by atoms with E-state index in [1.54, 1.807) is 0 Å². The molecule has 0 aromatic heterocycles. The zero-order valence-corrected chi connectivity index (χ0v) is 14.7. The van der Waals surface area contributed by atoms with Crippen LogP contribution in [-0.2, 0) is 11.2 Å². The summed E-state index contributed by atoms with van der Waals surface area (Å²) in [6, 6.07) is 11.0. The van der Waals surface area contributed by atoms with Gasteiger partial charge in [-0.1, -0.05) is 29.8 Å². The topological polar surface area (TPSA) is 92.6 Å². The third-order valence-corrected chi connectivity index (χ3v) is 4.36. The van der Waals surface area contributed by atoms with E-state index in [0.29, 0.717) is 6.42 Å². The molecule has 1 aliphatic heterocycles. The van der Waals surface area contributed by atoms with Crippen LogP contribution >= 0.6 is 11.6 Å². The van der Waals surface area contributed by atoms with E-state index in [2.05, 4.69) is 5.32 Å². The van der Waals surface area contributed by atoms with Gasteiger partial charge in [-0.2, -0.15) is 0 Å². The number of non-ortho nitro benzene ring substituents is 1. The van der Waals surface area contributed by atoms with Gasteiger partial charge in [0.2, 0.25) is 5.91 Å². The van der Waals surface area contributed by atoms with Crippen molar-refractivity contribution in [3.63, 3.8) is 0 Å². The molecule has 2 aromatic rings. The number of nitrogens with zero attached hydrogens (tertiary/aromatic N) is 2. The molecule has 0 radical (unpaired) electrons. The number of carbonyl (C=O) groups excluding carboxylic acids is 2. The summed E-state index contributed by atoms with van der Waals surface area (Å²) in [5.74, 6) is -0.585. The fraction of sp³-hybridized carbons (Fsp3) is 0.222. The zero-order valence-electron chi connectivity index (χ0n) is 13.9. The Bertz CT molecular complexity index is 900. The summed E-state index contributed by atoms with van der Waals surface area (Å²) in [6.45, 7) is 1.70. The van der Waals surface area contributed by atoms with Gasteiger partial charge in [0.1, 0.15) is 0 Å². The van der Waals surface area contributed by atoms with E-state index in [9.17, 15) is 19.7 Å². The van der Waals surface area contributed by atoms with Crippen LogP contribution in [0.25, 0.3) is 0 Å². The molecule has 26 heavy (non-hydrogen) atoms. The third kappa shape index (κ3) is 3.67. The molecule has 0 aliphatic carbocycles. The van der Waals surface area contributed by atoms with Crippen LogP contribution in [0.2, 0.25) is 5.02 Å². The quantitative estimate of drug-likeness (QED) is 0.661. The molecule has 0 fully saturated rings. The van der Waals surface area contributed by atoms with Crippen molar-refractivity contribution in [2.75, 3.05) is 11.4 Å². The summed E-state index contributed by atoms with van der Waals surface area (Å²) >= 11 is 5.94. The van der Waals surface area contributed by atoms with E-state index in [-0.39, 0.29) is 34.8 Å². The van der Waals surface area contributed by atoms with Gasteiger partial charge in [0, 0.05) is 41.9 Å². The van der Waals surface area contributed by atoms with E-state index >= 15 is 0 Å². The van der Waals surface area contributed by atoms with Crippen LogP contribution in [0.15, 0.2) is 42.5 Å². The lowest BCUT2D eigenvalue weighted by molar-refractivity contribution is -0.384. The summed E-state index contributed by atoms with van der Waals surface area (Å²) in [5, 5.41) is 14.0. The summed E-state index contributed by atoms with van der Waals surface area (Å²) in [5.41, 5.74) is 1.52. The largest absolute Gasteiger partial charge is 0.351 e. The van der Waals surface area contributed by atoms with Crippen LogP contribution in [0.4, 0.5) is 11.4 Å². The average Bonchev–Trinajstić information content (AvgIpc) is 2.59. The highest BCUT2D eigenvalue weighted by atomic mass is 35.5. The second kappa shape index (κ2) is 7.13. The molecule has 0 saturated carbocycles. The van der Waals surface area contributed by atoms with Crippen LogP contribution in [-0.4, -0.2) is 29.3 Å². The van der Waals surface area contributed by atoms with E-state index in [0.717, 1.165) is 11.3 Å². The molecule has 0 spiro atoms. The summed E-state index contributed by atoms with van der Waals surface area (Å²) < 4.78 is 0. The van der Waals surface area contributed by atoms with Crippen LogP contribution in [0.3, 0.4) is 0 Å². The Hall–Kier alpha value is -2.93. The van der Waals surface area contributed by atoms with Crippen LogP contribution in [0, 0.1) is 10.1 Å². The number of nitro benzene ring substituents is 1. The van der Waals surface area contributed by atoms with Crippen molar-refractivity contribution in [2.45, 2.75) is 19.4 Å². The van der Waals surface area contributed by atoms with E-state index in [4.69, 9.17) is 11.6 Å². The molecule has 1 aliphatic rings. The smallest absolute Gasteiger partial charge is 0.271 e. The first-order chi connectivity index (χ1) is 12.3. The molecule has 2 amide bonds. The van der Waals surface area contributed by atoms with Crippen molar-refractivity contribution < 1.29 is 14.5 Å². The van der Waals surface area contributed by atoms with Gasteiger partial charge >= 0.3 is 0 Å². The molecule has 0 saturated heterocycles. The number of para-hydroxylation sites is 1. The first kappa shape index (κ1) is 17.9. The van der Waals surface area contributed by atoms with Crippen molar-refractivity contribution in [1.29, 1.82) is 0 Å². The standard InChI is InChI=1S/C18H16ClN3O4/c1-11(23)20-15-7-12-4-2-3-5-17(12)21(10-15)18(24)13-6-14(19)9-16(8-13)22(25)26/h2-6,8-9,15H,7,10H2,1H3,(H,20,23)/t15-/m0/s1. The van der Waals surface area contributed by atoms with Gasteiger partial charge in [-0.25, -0.2) is 0 Å². The van der Waals surface area contributed by atoms with Gasteiger partial charge in [-0.3, -0.25) is 19.7 Å². The number of anilines is 1. The minimum absolute atomic E-state index is 0.117. The maximum absolute atomic E-state index is 13.1. The van der Waals surface area contributed by atoms with Gasteiger partial charge in [0.15, 0.2) is 0 Å². The maximum Gasteiger partial charge on any atom is 0.271 e. The fourth-order valence-electron chi connectivity index (χ4n) is 3.13. The number of halogens is 1. The Kier molecular flexibility index (Phi) is 4.90. The Morgan fingerprint density at radius 1 is 1.27 bits per heavy atom.